The maximum atomic E-state index is 11.6. The minimum atomic E-state index is -0.0400. The lowest BCUT2D eigenvalue weighted by Gasteiger charge is -2.34. The van der Waals surface area contributed by atoms with Crippen molar-refractivity contribution >= 4 is 0 Å². The third-order valence-electron chi connectivity index (χ3n) is 3.93. The Morgan fingerprint density at radius 2 is 1.95 bits per heavy atom. The normalized spacial score (nSPS) is 17.0. The zero-order valence-corrected chi connectivity index (χ0v) is 12.8. The number of aryl methyl sites for hydroxylation is 1. The van der Waals surface area contributed by atoms with Crippen LogP contribution in [0.3, 0.4) is 0 Å². The van der Waals surface area contributed by atoms with Crippen molar-refractivity contribution in [3.8, 4) is 0 Å². The molecule has 1 aliphatic rings. The van der Waals surface area contributed by atoms with Crippen LogP contribution in [0.15, 0.2) is 33.7 Å². The maximum absolute atomic E-state index is 11.6. The first-order chi connectivity index (χ1) is 10.7. The van der Waals surface area contributed by atoms with Gasteiger partial charge in [0.25, 0.3) is 5.56 Å². The molecule has 0 amide bonds. The minimum absolute atomic E-state index is 0.0400. The Labute approximate surface area is 129 Å². The lowest BCUT2D eigenvalue weighted by atomic mass is 10.3. The topological polar surface area (TPSA) is 67.4 Å². The molecule has 0 aromatic carbocycles. The van der Waals surface area contributed by atoms with Crippen molar-refractivity contribution in [2.45, 2.75) is 20.0 Å². The maximum Gasteiger partial charge on any atom is 0.266 e. The first kappa shape index (κ1) is 14.9. The average molecular weight is 303 g/mol. The van der Waals surface area contributed by atoms with Crippen molar-refractivity contribution < 1.29 is 4.52 Å². The molecule has 2 aromatic rings. The van der Waals surface area contributed by atoms with Crippen LogP contribution >= 0.6 is 0 Å². The van der Waals surface area contributed by atoms with E-state index < -0.39 is 0 Å². The Hall–Kier alpha value is -1.99. The molecular weight excluding hydrogens is 282 g/mol. The standard InChI is InChI=1S/C15H21N5O2/c1-13-11-14(22-17-13)12-19-7-5-18(6-8-19)9-10-20-15(21)3-2-4-16-20/h2-4,11H,5-10,12H2,1H3. The molecule has 0 spiro atoms. The molecule has 0 N–H and O–H groups in total. The highest BCUT2D eigenvalue weighted by molar-refractivity contribution is 5.03. The summed E-state index contributed by atoms with van der Waals surface area (Å²) < 4.78 is 6.78. The van der Waals surface area contributed by atoms with E-state index in [4.69, 9.17) is 4.52 Å². The van der Waals surface area contributed by atoms with Crippen LogP contribution < -0.4 is 5.56 Å². The second-order valence-corrected chi connectivity index (χ2v) is 5.64. The molecule has 3 heterocycles. The summed E-state index contributed by atoms with van der Waals surface area (Å²) in [6.07, 6.45) is 1.65. The van der Waals surface area contributed by atoms with Gasteiger partial charge in [0, 0.05) is 51.1 Å². The van der Waals surface area contributed by atoms with Gasteiger partial charge in [-0.15, -0.1) is 0 Å². The van der Waals surface area contributed by atoms with E-state index in [-0.39, 0.29) is 5.56 Å². The van der Waals surface area contributed by atoms with Gasteiger partial charge >= 0.3 is 0 Å². The SMILES string of the molecule is Cc1cc(CN2CCN(CCn3ncccc3=O)CC2)on1. The minimum Gasteiger partial charge on any atom is -0.360 e. The Morgan fingerprint density at radius 1 is 1.18 bits per heavy atom. The smallest absolute Gasteiger partial charge is 0.266 e. The van der Waals surface area contributed by atoms with E-state index >= 15 is 0 Å². The predicted molar refractivity (Wildman–Crippen MR) is 81.5 cm³/mol. The monoisotopic (exact) mass is 303 g/mol. The molecule has 0 radical (unpaired) electrons. The Balaban J connectivity index is 1.44. The van der Waals surface area contributed by atoms with Crippen molar-refractivity contribution in [2.24, 2.45) is 0 Å². The zero-order chi connectivity index (χ0) is 15.4. The van der Waals surface area contributed by atoms with E-state index in [1.807, 2.05) is 13.0 Å². The van der Waals surface area contributed by atoms with Gasteiger partial charge in [-0.05, 0) is 13.0 Å². The van der Waals surface area contributed by atoms with E-state index in [9.17, 15) is 4.79 Å². The number of nitrogens with zero attached hydrogens (tertiary/aromatic N) is 5. The Bertz CT molecular complexity index is 658. The summed E-state index contributed by atoms with van der Waals surface area (Å²) in [6, 6.07) is 5.20. The van der Waals surface area contributed by atoms with E-state index in [0.717, 1.165) is 50.7 Å². The highest BCUT2D eigenvalue weighted by Gasteiger charge is 2.18. The van der Waals surface area contributed by atoms with Crippen molar-refractivity contribution in [3.63, 3.8) is 0 Å². The Morgan fingerprint density at radius 3 is 2.64 bits per heavy atom. The van der Waals surface area contributed by atoms with Crippen LogP contribution in [-0.4, -0.2) is 57.5 Å². The van der Waals surface area contributed by atoms with Crippen LogP contribution in [0.4, 0.5) is 0 Å². The predicted octanol–water partition coefficient (Wildman–Crippen LogP) is 0.358. The quantitative estimate of drug-likeness (QED) is 0.794. The van der Waals surface area contributed by atoms with Gasteiger partial charge in [-0.1, -0.05) is 5.16 Å². The van der Waals surface area contributed by atoms with Crippen LogP contribution in [0, 0.1) is 6.92 Å². The summed E-state index contributed by atoms with van der Waals surface area (Å²) in [5.74, 6) is 0.922. The molecule has 1 fully saturated rings. The summed E-state index contributed by atoms with van der Waals surface area (Å²) in [5.41, 5.74) is 0.885. The molecule has 1 saturated heterocycles. The Kier molecular flexibility index (Phi) is 4.65. The van der Waals surface area contributed by atoms with Crippen molar-refractivity contribution in [1.29, 1.82) is 0 Å². The molecule has 0 bridgehead atoms. The fourth-order valence-electron chi connectivity index (χ4n) is 2.67. The van der Waals surface area contributed by atoms with E-state index in [1.165, 1.54) is 4.68 Å². The van der Waals surface area contributed by atoms with Crippen molar-refractivity contribution in [2.75, 3.05) is 32.7 Å². The second-order valence-electron chi connectivity index (χ2n) is 5.64. The number of piperazine rings is 1. The summed E-state index contributed by atoms with van der Waals surface area (Å²) in [7, 11) is 0. The molecule has 0 unspecified atom stereocenters. The van der Waals surface area contributed by atoms with Gasteiger partial charge in [0.05, 0.1) is 18.8 Å². The van der Waals surface area contributed by atoms with Gasteiger partial charge in [-0.2, -0.15) is 5.10 Å². The van der Waals surface area contributed by atoms with E-state index in [2.05, 4.69) is 20.1 Å². The number of rotatable bonds is 5. The fourth-order valence-corrected chi connectivity index (χ4v) is 2.67. The summed E-state index contributed by atoms with van der Waals surface area (Å²) in [5, 5.41) is 8.00. The third kappa shape index (κ3) is 3.80. The number of hydrogen-bond donors (Lipinski definition) is 0. The second kappa shape index (κ2) is 6.85. The summed E-state index contributed by atoms with van der Waals surface area (Å²) in [4.78, 5) is 16.3. The fraction of sp³-hybridized carbons (Fsp3) is 0.533. The molecule has 0 saturated carbocycles. The largest absolute Gasteiger partial charge is 0.360 e. The van der Waals surface area contributed by atoms with Crippen LogP contribution in [0.2, 0.25) is 0 Å². The van der Waals surface area contributed by atoms with Crippen LogP contribution in [0.1, 0.15) is 11.5 Å². The molecule has 0 atom stereocenters. The molecule has 7 nitrogen and oxygen atoms in total. The highest BCUT2D eigenvalue weighted by atomic mass is 16.5. The first-order valence-corrected chi connectivity index (χ1v) is 7.60. The summed E-state index contributed by atoms with van der Waals surface area (Å²) in [6.45, 7) is 8.23. The highest BCUT2D eigenvalue weighted by Crippen LogP contribution is 2.09. The van der Waals surface area contributed by atoms with Gasteiger partial charge in [-0.3, -0.25) is 14.6 Å². The van der Waals surface area contributed by atoms with Crippen LogP contribution in [0.5, 0.6) is 0 Å². The van der Waals surface area contributed by atoms with Gasteiger partial charge in [0.15, 0.2) is 5.76 Å². The van der Waals surface area contributed by atoms with Crippen molar-refractivity contribution in [3.05, 3.63) is 46.2 Å². The molecule has 1 aliphatic heterocycles. The lowest BCUT2D eigenvalue weighted by Crippen LogP contribution is -2.47. The lowest BCUT2D eigenvalue weighted by molar-refractivity contribution is 0.114. The molecule has 22 heavy (non-hydrogen) atoms. The van der Waals surface area contributed by atoms with Crippen LogP contribution in [0.25, 0.3) is 0 Å². The molecule has 118 valence electrons. The van der Waals surface area contributed by atoms with Gasteiger partial charge in [0.1, 0.15) is 0 Å². The third-order valence-corrected chi connectivity index (χ3v) is 3.93. The molecule has 2 aromatic heterocycles. The zero-order valence-electron chi connectivity index (χ0n) is 12.8. The number of aromatic nitrogens is 3. The van der Waals surface area contributed by atoms with E-state index in [0.29, 0.717) is 6.54 Å². The van der Waals surface area contributed by atoms with Gasteiger partial charge in [-0.25, -0.2) is 4.68 Å². The molecule has 3 rings (SSSR count). The summed E-state index contributed by atoms with van der Waals surface area (Å²) >= 11 is 0. The van der Waals surface area contributed by atoms with Gasteiger partial charge < -0.3 is 4.52 Å². The number of hydrogen-bond acceptors (Lipinski definition) is 6. The van der Waals surface area contributed by atoms with Crippen molar-refractivity contribution in [1.82, 2.24) is 24.7 Å². The first-order valence-electron chi connectivity index (χ1n) is 7.60. The van der Waals surface area contributed by atoms with Crippen LogP contribution in [-0.2, 0) is 13.1 Å². The van der Waals surface area contributed by atoms with E-state index in [1.54, 1.807) is 18.3 Å². The molecule has 7 heteroatoms. The molecular formula is C15H21N5O2. The molecule has 0 aliphatic carbocycles. The van der Waals surface area contributed by atoms with Gasteiger partial charge in [0.2, 0.25) is 0 Å². The average Bonchev–Trinajstić information content (AvgIpc) is 2.93.